The molecule has 5 nitrogen and oxygen atoms in total. The van der Waals surface area contributed by atoms with Crippen LogP contribution in [0.25, 0.3) is 0 Å². The molecule has 0 aliphatic carbocycles. The normalized spacial score (nSPS) is 16.4. The molecule has 1 atom stereocenters. The van der Waals surface area contributed by atoms with Crippen LogP contribution in [0.1, 0.15) is 32.3 Å². The van der Waals surface area contributed by atoms with Gasteiger partial charge in [-0.15, -0.1) is 0 Å². The molecule has 0 bridgehead atoms. The molecule has 0 radical (unpaired) electrons. The van der Waals surface area contributed by atoms with Crippen LogP contribution in [-0.4, -0.2) is 60.4 Å². The first-order valence-corrected chi connectivity index (χ1v) is 9.88. The van der Waals surface area contributed by atoms with E-state index >= 15 is 0 Å². The van der Waals surface area contributed by atoms with Crippen molar-refractivity contribution in [2.45, 2.75) is 39.2 Å². The van der Waals surface area contributed by atoms with Gasteiger partial charge in [-0.1, -0.05) is 42.3 Å². The van der Waals surface area contributed by atoms with E-state index in [4.69, 9.17) is 23.2 Å². The largest absolute Gasteiger partial charge is 0.353 e. The number of rotatable bonds is 7. The number of amides is 2. The molecule has 0 aromatic heterocycles. The maximum atomic E-state index is 12.4. The molecule has 1 fully saturated rings. The van der Waals surface area contributed by atoms with Crippen LogP contribution in [0.5, 0.6) is 0 Å². The zero-order chi connectivity index (χ0) is 19.1. The summed E-state index contributed by atoms with van der Waals surface area (Å²) in [7, 11) is 0. The zero-order valence-electron chi connectivity index (χ0n) is 15.4. The molecule has 7 heteroatoms. The first-order chi connectivity index (χ1) is 12.4. The highest BCUT2D eigenvalue weighted by Crippen LogP contribution is 2.26. The van der Waals surface area contributed by atoms with E-state index in [0.717, 1.165) is 25.1 Å². The third kappa shape index (κ3) is 6.15. The van der Waals surface area contributed by atoms with E-state index < -0.39 is 0 Å². The average molecular weight is 400 g/mol. The number of carbonyl (C=O) groups is 2. The second-order valence-corrected chi connectivity index (χ2v) is 7.53. The minimum Gasteiger partial charge on any atom is -0.353 e. The summed E-state index contributed by atoms with van der Waals surface area (Å²) >= 11 is 12.2. The summed E-state index contributed by atoms with van der Waals surface area (Å²) < 4.78 is 0. The third-order valence-electron chi connectivity index (χ3n) is 4.75. The molecule has 1 saturated heterocycles. The van der Waals surface area contributed by atoms with Gasteiger partial charge in [-0.25, -0.2) is 0 Å². The van der Waals surface area contributed by atoms with Gasteiger partial charge in [0.1, 0.15) is 0 Å². The van der Waals surface area contributed by atoms with E-state index in [1.807, 2.05) is 30.9 Å². The molecule has 0 unspecified atom stereocenters. The summed E-state index contributed by atoms with van der Waals surface area (Å²) in [6, 6.07) is 5.68. The predicted octanol–water partition coefficient (Wildman–Crippen LogP) is 2.98. The van der Waals surface area contributed by atoms with Gasteiger partial charge in [0, 0.05) is 38.6 Å². The fourth-order valence-corrected chi connectivity index (χ4v) is 3.34. The summed E-state index contributed by atoms with van der Waals surface area (Å²) in [6.07, 6.45) is 1.91. The topological polar surface area (TPSA) is 52.7 Å². The summed E-state index contributed by atoms with van der Waals surface area (Å²) in [4.78, 5) is 28.3. The van der Waals surface area contributed by atoms with Crippen molar-refractivity contribution in [3.8, 4) is 0 Å². The van der Waals surface area contributed by atoms with E-state index in [0.29, 0.717) is 42.5 Å². The van der Waals surface area contributed by atoms with Gasteiger partial charge in [0.2, 0.25) is 11.8 Å². The zero-order valence-corrected chi connectivity index (χ0v) is 16.9. The quantitative estimate of drug-likeness (QED) is 0.766. The predicted molar refractivity (Wildman–Crippen MR) is 106 cm³/mol. The Kier molecular flexibility index (Phi) is 8.19. The summed E-state index contributed by atoms with van der Waals surface area (Å²) in [5, 5.41) is 4.02. The van der Waals surface area contributed by atoms with Crippen molar-refractivity contribution in [3.05, 3.63) is 33.8 Å². The smallest absolute Gasteiger partial charge is 0.234 e. The van der Waals surface area contributed by atoms with Crippen molar-refractivity contribution in [2.24, 2.45) is 0 Å². The summed E-state index contributed by atoms with van der Waals surface area (Å²) in [6.45, 7) is 7.18. The highest BCUT2D eigenvalue weighted by Gasteiger charge is 2.22. The fourth-order valence-electron chi connectivity index (χ4n) is 2.92. The molecule has 2 amide bonds. The minimum absolute atomic E-state index is 0.0507. The molecular weight excluding hydrogens is 373 g/mol. The summed E-state index contributed by atoms with van der Waals surface area (Å²) in [5.41, 5.74) is 0.896. The van der Waals surface area contributed by atoms with Crippen molar-refractivity contribution in [1.29, 1.82) is 0 Å². The fraction of sp³-hybridized carbons (Fsp3) is 0.579. The number of hydrogen-bond donors (Lipinski definition) is 1. The lowest BCUT2D eigenvalue weighted by molar-refractivity contribution is -0.133. The van der Waals surface area contributed by atoms with Crippen molar-refractivity contribution >= 4 is 35.0 Å². The molecule has 1 aliphatic rings. The van der Waals surface area contributed by atoms with Crippen molar-refractivity contribution in [1.82, 2.24) is 15.1 Å². The molecule has 1 aliphatic heterocycles. The number of aryl methyl sites for hydroxylation is 1. The lowest BCUT2D eigenvalue weighted by atomic mass is 10.1. The number of carbonyl (C=O) groups excluding carboxylic acids is 2. The van der Waals surface area contributed by atoms with Crippen LogP contribution in [-0.2, 0) is 16.0 Å². The third-order valence-corrected chi connectivity index (χ3v) is 5.61. The maximum absolute atomic E-state index is 12.4. The molecular formula is C19H27Cl2N3O2. The first kappa shape index (κ1) is 21.0. The van der Waals surface area contributed by atoms with Crippen LogP contribution in [0.3, 0.4) is 0 Å². The molecule has 0 saturated carbocycles. The first-order valence-electron chi connectivity index (χ1n) is 9.13. The van der Waals surface area contributed by atoms with Crippen LogP contribution in [0.2, 0.25) is 10.0 Å². The lowest BCUT2D eigenvalue weighted by Crippen LogP contribution is -2.51. The van der Waals surface area contributed by atoms with Gasteiger partial charge in [0.15, 0.2) is 0 Å². The molecule has 1 aromatic carbocycles. The van der Waals surface area contributed by atoms with E-state index in [1.54, 1.807) is 6.07 Å². The second kappa shape index (κ2) is 10.1. The number of piperazine rings is 1. The van der Waals surface area contributed by atoms with Gasteiger partial charge in [-0.05, 0) is 31.4 Å². The average Bonchev–Trinajstić information content (AvgIpc) is 2.63. The Bertz CT molecular complexity index is 631. The van der Waals surface area contributed by atoms with Crippen LogP contribution in [0, 0.1) is 0 Å². The maximum Gasteiger partial charge on any atom is 0.234 e. The van der Waals surface area contributed by atoms with Gasteiger partial charge in [0.25, 0.3) is 0 Å². The van der Waals surface area contributed by atoms with E-state index in [1.165, 1.54) is 0 Å². The van der Waals surface area contributed by atoms with Gasteiger partial charge in [-0.3, -0.25) is 14.5 Å². The monoisotopic (exact) mass is 399 g/mol. The Labute approximate surface area is 165 Å². The minimum atomic E-state index is 0.0507. The second-order valence-electron chi connectivity index (χ2n) is 6.75. The molecule has 26 heavy (non-hydrogen) atoms. The van der Waals surface area contributed by atoms with E-state index in [2.05, 4.69) is 10.2 Å². The van der Waals surface area contributed by atoms with Crippen LogP contribution < -0.4 is 5.32 Å². The van der Waals surface area contributed by atoms with E-state index in [9.17, 15) is 9.59 Å². The molecule has 1 heterocycles. The Balaban J connectivity index is 1.74. The number of halogens is 2. The lowest BCUT2D eigenvalue weighted by Gasteiger charge is -2.34. The van der Waals surface area contributed by atoms with E-state index in [-0.39, 0.29) is 17.9 Å². The van der Waals surface area contributed by atoms with Crippen LogP contribution >= 0.6 is 23.2 Å². The molecule has 144 valence electrons. The number of nitrogens with zero attached hydrogens (tertiary/aromatic N) is 2. The molecule has 1 N–H and O–H groups in total. The van der Waals surface area contributed by atoms with Crippen molar-refractivity contribution in [3.63, 3.8) is 0 Å². The van der Waals surface area contributed by atoms with Gasteiger partial charge in [0.05, 0.1) is 16.6 Å². The number of nitrogens with one attached hydrogen (secondary N) is 1. The summed E-state index contributed by atoms with van der Waals surface area (Å²) in [5.74, 6) is 0.166. The Morgan fingerprint density at radius 3 is 2.54 bits per heavy atom. The molecule has 1 aromatic rings. The standard InChI is InChI=1S/C19H27Cl2N3O2/c1-3-14(2)22-17(25)13-23-9-11-24(12-10-23)18(26)8-7-15-5-4-6-16(20)19(15)21/h4-6,14H,3,7-13H2,1-2H3,(H,22,25)/t14-/m1/s1. The van der Waals surface area contributed by atoms with Gasteiger partial charge in [-0.2, -0.15) is 0 Å². The van der Waals surface area contributed by atoms with Crippen LogP contribution in [0.15, 0.2) is 18.2 Å². The Hall–Kier alpha value is -1.30. The number of benzene rings is 1. The Morgan fingerprint density at radius 2 is 1.88 bits per heavy atom. The highest BCUT2D eigenvalue weighted by molar-refractivity contribution is 6.42. The highest BCUT2D eigenvalue weighted by atomic mass is 35.5. The number of hydrogen-bond acceptors (Lipinski definition) is 3. The Morgan fingerprint density at radius 1 is 1.19 bits per heavy atom. The SMILES string of the molecule is CC[C@@H](C)NC(=O)CN1CCN(C(=O)CCc2cccc(Cl)c2Cl)CC1. The molecule has 0 spiro atoms. The van der Waals surface area contributed by atoms with Gasteiger partial charge >= 0.3 is 0 Å². The van der Waals surface area contributed by atoms with Crippen LogP contribution in [0.4, 0.5) is 0 Å². The van der Waals surface area contributed by atoms with Crippen molar-refractivity contribution in [2.75, 3.05) is 32.7 Å². The molecule has 2 rings (SSSR count). The van der Waals surface area contributed by atoms with Crippen molar-refractivity contribution < 1.29 is 9.59 Å². The van der Waals surface area contributed by atoms with Gasteiger partial charge < -0.3 is 10.2 Å².